The van der Waals surface area contributed by atoms with Crippen LogP contribution in [0.1, 0.15) is 36.2 Å². The molecule has 7 nitrogen and oxygen atoms in total. The Morgan fingerprint density at radius 2 is 2.25 bits per heavy atom. The van der Waals surface area contributed by atoms with E-state index in [9.17, 15) is 14.9 Å². The van der Waals surface area contributed by atoms with Crippen LogP contribution in [0.25, 0.3) is 0 Å². The van der Waals surface area contributed by atoms with E-state index in [0.29, 0.717) is 12.5 Å². The van der Waals surface area contributed by atoms with Crippen molar-refractivity contribution >= 4 is 11.6 Å². The minimum absolute atomic E-state index is 0.0565. The summed E-state index contributed by atoms with van der Waals surface area (Å²) >= 11 is 0. The van der Waals surface area contributed by atoms with Crippen LogP contribution in [-0.4, -0.2) is 28.0 Å². The van der Waals surface area contributed by atoms with E-state index in [1.165, 1.54) is 29.7 Å². The summed E-state index contributed by atoms with van der Waals surface area (Å²) in [4.78, 5) is 22.4. The number of hydrogen-bond acceptors (Lipinski definition) is 4. The largest absolute Gasteiger partial charge is 0.346 e. The van der Waals surface area contributed by atoms with Gasteiger partial charge in [0, 0.05) is 25.7 Å². The maximum atomic E-state index is 12.2. The average molecular weight is 280 g/mol. The Hall–Kier alpha value is -1.89. The summed E-state index contributed by atoms with van der Waals surface area (Å²) in [6.45, 7) is 0.392. The molecule has 1 saturated carbocycles. The highest BCUT2D eigenvalue weighted by Gasteiger charge is 2.27. The standard InChI is InChI=1S/C13H20N4O3/c1-16-8-10(17(19)20)6-12(16)13(18)15-11(7-14)9-4-2-3-5-9/h6,8-9,11H,2-5,7,14H2,1H3,(H,15,18). The van der Waals surface area contributed by atoms with Gasteiger partial charge in [-0.2, -0.15) is 0 Å². The van der Waals surface area contributed by atoms with E-state index in [-0.39, 0.29) is 23.3 Å². The number of nitrogens with one attached hydrogen (secondary N) is 1. The van der Waals surface area contributed by atoms with E-state index in [4.69, 9.17) is 5.73 Å². The van der Waals surface area contributed by atoms with E-state index in [2.05, 4.69) is 5.32 Å². The fraction of sp³-hybridized carbons (Fsp3) is 0.615. The molecular weight excluding hydrogens is 260 g/mol. The van der Waals surface area contributed by atoms with Crippen molar-refractivity contribution in [3.05, 3.63) is 28.1 Å². The van der Waals surface area contributed by atoms with Gasteiger partial charge in [0.15, 0.2) is 0 Å². The molecule has 1 heterocycles. The van der Waals surface area contributed by atoms with Crippen molar-refractivity contribution in [3.63, 3.8) is 0 Å². The summed E-state index contributed by atoms with van der Waals surface area (Å²) in [5.74, 6) is 0.113. The molecule has 2 rings (SSSR count). The van der Waals surface area contributed by atoms with Gasteiger partial charge in [0.05, 0.1) is 11.1 Å². The lowest BCUT2D eigenvalue weighted by atomic mass is 9.98. The van der Waals surface area contributed by atoms with E-state index in [1.807, 2.05) is 0 Å². The minimum Gasteiger partial charge on any atom is -0.346 e. The molecule has 1 aromatic heterocycles. The second-order valence-electron chi connectivity index (χ2n) is 5.31. The van der Waals surface area contributed by atoms with Crippen molar-refractivity contribution in [2.75, 3.05) is 6.54 Å². The molecule has 7 heteroatoms. The summed E-state index contributed by atoms with van der Waals surface area (Å²) in [5, 5.41) is 13.6. The van der Waals surface area contributed by atoms with Crippen molar-refractivity contribution in [3.8, 4) is 0 Å². The molecule has 1 unspecified atom stereocenters. The molecule has 0 spiro atoms. The van der Waals surface area contributed by atoms with Crippen LogP contribution in [0.3, 0.4) is 0 Å². The van der Waals surface area contributed by atoms with E-state index >= 15 is 0 Å². The zero-order chi connectivity index (χ0) is 14.7. The van der Waals surface area contributed by atoms with Gasteiger partial charge in [0.25, 0.3) is 11.6 Å². The predicted octanol–water partition coefficient (Wildman–Crippen LogP) is 1.18. The maximum absolute atomic E-state index is 12.2. The van der Waals surface area contributed by atoms with Gasteiger partial charge in [0.1, 0.15) is 5.69 Å². The first kappa shape index (κ1) is 14.5. The fourth-order valence-electron chi connectivity index (χ4n) is 2.84. The Kier molecular flexibility index (Phi) is 4.39. The van der Waals surface area contributed by atoms with Crippen LogP contribution in [0.4, 0.5) is 5.69 Å². The molecule has 1 aromatic rings. The number of aromatic nitrogens is 1. The molecule has 1 aliphatic carbocycles. The van der Waals surface area contributed by atoms with Crippen molar-refractivity contribution in [1.82, 2.24) is 9.88 Å². The Balaban J connectivity index is 2.08. The number of carbonyl (C=O) groups excluding carboxylic acids is 1. The molecule has 1 aliphatic rings. The molecule has 0 saturated heterocycles. The van der Waals surface area contributed by atoms with Crippen LogP contribution in [0.5, 0.6) is 0 Å². The van der Waals surface area contributed by atoms with Gasteiger partial charge < -0.3 is 15.6 Å². The van der Waals surface area contributed by atoms with E-state index < -0.39 is 4.92 Å². The molecule has 110 valence electrons. The number of aryl methyl sites for hydroxylation is 1. The average Bonchev–Trinajstić information content (AvgIpc) is 3.04. The third-order valence-electron chi connectivity index (χ3n) is 3.97. The summed E-state index contributed by atoms with van der Waals surface area (Å²) in [6, 6.07) is 1.23. The highest BCUT2D eigenvalue weighted by Crippen LogP contribution is 2.27. The zero-order valence-corrected chi connectivity index (χ0v) is 11.5. The first-order chi connectivity index (χ1) is 9.52. The van der Waals surface area contributed by atoms with Gasteiger partial charge in [-0.1, -0.05) is 12.8 Å². The number of nitrogens with two attached hydrogens (primary N) is 1. The Labute approximate surface area is 117 Å². The number of nitrogens with zero attached hydrogens (tertiary/aromatic N) is 2. The number of rotatable bonds is 5. The summed E-state index contributed by atoms with van der Waals surface area (Å²) in [5.41, 5.74) is 5.95. The lowest BCUT2D eigenvalue weighted by Gasteiger charge is -2.23. The summed E-state index contributed by atoms with van der Waals surface area (Å²) in [6.07, 6.45) is 5.84. The van der Waals surface area contributed by atoms with Crippen molar-refractivity contribution in [2.24, 2.45) is 18.7 Å². The minimum atomic E-state index is -0.506. The second-order valence-corrected chi connectivity index (χ2v) is 5.31. The molecule has 0 aromatic carbocycles. The third-order valence-corrected chi connectivity index (χ3v) is 3.97. The van der Waals surface area contributed by atoms with E-state index in [0.717, 1.165) is 12.8 Å². The van der Waals surface area contributed by atoms with E-state index in [1.54, 1.807) is 7.05 Å². The van der Waals surface area contributed by atoms with Crippen LogP contribution in [-0.2, 0) is 7.05 Å². The van der Waals surface area contributed by atoms with Crippen molar-refractivity contribution in [1.29, 1.82) is 0 Å². The van der Waals surface area contributed by atoms with Crippen molar-refractivity contribution in [2.45, 2.75) is 31.7 Å². The molecule has 0 radical (unpaired) electrons. The summed E-state index contributed by atoms with van der Waals surface area (Å²) in [7, 11) is 1.62. The van der Waals surface area contributed by atoms with Crippen LogP contribution in [0.2, 0.25) is 0 Å². The zero-order valence-electron chi connectivity index (χ0n) is 11.5. The number of nitro groups is 1. The third kappa shape index (κ3) is 2.98. The number of amides is 1. The maximum Gasteiger partial charge on any atom is 0.287 e. The van der Waals surface area contributed by atoms with Crippen LogP contribution in [0, 0.1) is 16.0 Å². The normalized spacial score (nSPS) is 17.1. The smallest absolute Gasteiger partial charge is 0.287 e. The Morgan fingerprint density at radius 3 is 2.75 bits per heavy atom. The van der Waals surface area contributed by atoms with Gasteiger partial charge in [0.2, 0.25) is 0 Å². The van der Waals surface area contributed by atoms with Gasteiger partial charge in [-0.3, -0.25) is 14.9 Å². The molecule has 0 aliphatic heterocycles. The molecule has 1 atom stereocenters. The lowest BCUT2D eigenvalue weighted by Crippen LogP contribution is -2.45. The lowest BCUT2D eigenvalue weighted by molar-refractivity contribution is -0.384. The molecule has 1 fully saturated rings. The molecule has 3 N–H and O–H groups in total. The first-order valence-electron chi connectivity index (χ1n) is 6.84. The van der Waals surface area contributed by atoms with Crippen molar-refractivity contribution < 1.29 is 9.72 Å². The summed E-state index contributed by atoms with van der Waals surface area (Å²) < 4.78 is 1.47. The monoisotopic (exact) mass is 280 g/mol. The quantitative estimate of drug-likeness (QED) is 0.624. The van der Waals surface area contributed by atoms with Crippen LogP contribution < -0.4 is 11.1 Å². The molecular formula is C13H20N4O3. The topological polar surface area (TPSA) is 103 Å². The van der Waals surface area contributed by atoms with Gasteiger partial charge >= 0.3 is 0 Å². The van der Waals surface area contributed by atoms with Crippen LogP contribution in [0.15, 0.2) is 12.3 Å². The van der Waals surface area contributed by atoms with Gasteiger partial charge in [-0.25, -0.2) is 0 Å². The molecule has 20 heavy (non-hydrogen) atoms. The predicted molar refractivity (Wildman–Crippen MR) is 74.3 cm³/mol. The fourth-order valence-corrected chi connectivity index (χ4v) is 2.84. The molecule has 1 amide bonds. The number of hydrogen-bond donors (Lipinski definition) is 2. The first-order valence-corrected chi connectivity index (χ1v) is 6.84. The van der Waals surface area contributed by atoms with Gasteiger partial charge in [-0.15, -0.1) is 0 Å². The molecule has 0 bridgehead atoms. The highest BCUT2D eigenvalue weighted by molar-refractivity contribution is 5.93. The Morgan fingerprint density at radius 1 is 1.60 bits per heavy atom. The Bertz CT molecular complexity index is 506. The van der Waals surface area contributed by atoms with Gasteiger partial charge in [-0.05, 0) is 18.8 Å². The SMILES string of the molecule is Cn1cc([N+](=O)[O-])cc1C(=O)NC(CN)C1CCCC1. The highest BCUT2D eigenvalue weighted by atomic mass is 16.6. The second kappa shape index (κ2) is 6.04. The number of carbonyl (C=O) groups is 1. The van der Waals surface area contributed by atoms with Crippen LogP contribution >= 0.6 is 0 Å².